The van der Waals surface area contributed by atoms with Crippen molar-refractivity contribution in [2.75, 3.05) is 17.2 Å². The third-order valence-electron chi connectivity index (χ3n) is 3.04. The monoisotopic (exact) mass is 290 g/mol. The molecule has 0 aliphatic carbocycles. The van der Waals surface area contributed by atoms with Crippen LogP contribution in [0.25, 0.3) is 0 Å². The molecule has 2 aromatic rings. The second kappa shape index (κ2) is 6.35. The number of rotatable bonds is 4. The highest BCUT2D eigenvalue weighted by molar-refractivity contribution is 6.04. The van der Waals surface area contributed by atoms with Crippen LogP contribution in [0.2, 0.25) is 0 Å². The van der Waals surface area contributed by atoms with Crippen molar-refractivity contribution in [3.8, 4) is 0 Å². The molecule has 0 aromatic heterocycles. The minimum atomic E-state index is -0.802. The largest absolute Gasteiger partial charge is 0.385 e. The summed E-state index contributed by atoms with van der Waals surface area (Å²) in [5.74, 6) is -1.92. The first kappa shape index (κ1) is 15.0. The molecule has 0 spiro atoms. The Morgan fingerprint density at radius 1 is 1.10 bits per heavy atom. The van der Waals surface area contributed by atoms with Crippen LogP contribution in [0.3, 0.4) is 0 Å². The van der Waals surface area contributed by atoms with Gasteiger partial charge in [0.2, 0.25) is 0 Å². The summed E-state index contributed by atoms with van der Waals surface area (Å²) in [4.78, 5) is 12.1. The van der Waals surface area contributed by atoms with Crippen LogP contribution in [-0.4, -0.2) is 12.5 Å². The van der Waals surface area contributed by atoms with E-state index in [1.54, 1.807) is 18.2 Å². The first-order valence-corrected chi connectivity index (χ1v) is 6.62. The third-order valence-corrected chi connectivity index (χ3v) is 3.04. The molecule has 110 valence electrons. The number of hydrogen-bond acceptors (Lipinski definition) is 2. The summed E-state index contributed by atoms with van der Waals surface area (Å²) >= 11 is 0. The number of aryl methyl sites for hydroxylation is 1. The molecule has 0 radical (unpaired) electrons. The predicted molar refractivity (Wildman–Crippen MR) is 79.7 cm³/mol. The molecule has 0 bridgehead atoms. The predicted octanol–water partition coefficient (Wildman–Crippen LogP) is 3.96. The molecule has 0 atom stereocenters. The first-order chi connectivity index (χ1) is 10.0. The number of nitrogens with one attached hydrogen (secondary N) is 2. The number of amides is 1. The maximum Gasteiger partial charge on any atom is 0.255 e. The van der Waals surface area contributed by atoms with E-state index in [2.05, 4.69) is 10.6 Å². The maximum atomic E-state index is 13.5. The number of carbonyl (C=O) groups is 1. The second-order valence-corrected chi connectivity index (χ2v) is 4.64. The van der Waals surface area contributed by atoms with Crippen molar-refractivity contribution in [2.45, 2.75) is 13.8 Å². The zero-order chi connectivity index (χ0) is 15.4. The third kappa shape index (κ3) is 3.56. The molecule has 2 rings (SSSR count). The fraction of sp³-hybridized carbons (Fsp3) is 0.188. The molecule has 0 aliphatic rings. The van der Waals surface area contributed by atoms with Gasteiger partial charge < -0.3 is 10.6 Å². The van der Waals surface area contributed by atoms with Crippen molar-refractivity contribution in [3.63, 3.8) is 0 Å². The van der Waals surface area contributed by atoms with Crippen LogP contribution < -0.4 is 10.6 Å². The van der Waals surface area contributed by atoms with Crippen molar-refractivity contribution in [3.05, 3.63) is 59.2 Å². The molecule has 0 saturated carbocycles. The van der Waals surface area contributed by atoms with E-state index in [4.69, 9.17) is 0 Å². The first-order valence-electron chi connectivity index (χ1n) is 6.62. The van der Waals surface area contributed by atoms with Gasteiger partial charge in [0.1, 0.15) is 11.6 Å². The highest BCUT2D eigenvalue weighted by Crippen LogP contribution is 2.19. The molecule has 1 amide bonds. The van der Waals surface area contributed by atoms with Gasteiger partial charge in [0.05, 0.1) is 5.69 Å². The maximum absolute atomic E-state index is 13.5. The van der Waals surface area contributed by atoms with Gasteiger partial charge in [0, 0.05) is 23.9 Å². The van der Waals surface area contributed by atoms with E-state index in [1.807, 2.05) is 13.8 Å². The average Bonchev–Trinajstić information content (AvgIpc) is 2.44. The number of anilines is 2. The van der Waals surface area contributed by atoms with Gasteiger partial charge in [0.15, 0.2) is 0 Å². The van der Waals surface area contributed by atoms with Gasteiger partial charge in [-0.3, -0.25) is 4.79 Å². The highest BCUT2D eigenvalue weighted by atomic mass is 19.1. The Morgan fingerprint density at radius 3 is 2.43 bits per heavy atom. The zero-order valence-electron chi connectivity index (χ0n) is 11.8. The van der Waals surface area contributed by atoms with Gasteiger partial charge in [-0.2, -0.15) is 0 Å². The van der Waals surface area contributed by atoms with Crippen LogP contribution in [0.15, 0.2) is 36.4 Å². The lowest BCUT2D eigenvalue weighted by molar-refractivity contribution is 0.102. The molecule has 0 unspecified atom stereocenters. The molecular weight excluding hydrogens is 274 g/mol. The minimum absolute atomic E-state index is 0.0465. The molecule has 0 heterocycles. The minimum Gasteiger partial charge on any atom is -0.385 e. The van der Waals surface area contributed by atoms with Crippen LogP contribution >= 0.6 is 0 Å². The van der Waals surface area contributed by atoms with E-state index in [0.717, 1.165) is 29.9 Å². The lowest BCUT2D eigenvalue weighted by atomic mass is 10.1. The van der Waals surface area contributed by atoms with Crippen molar-refractivity contribution in [1.29, 1.82) is 0 Å². The number of benzene rings is 2. The fourth-order valence-electron chi connectivity index (χ4n) is 1.98. The Hall–Kier alpha value is -2.43. The van der Waals surface area contributed by atoms with Crippen LogP contribution in [0, 0.1) is 18.6 Å². The Balaban J connectivity index is 2.18. The normalized spacial score (nSPS) is 10.3. The molecule has 0 saturated heterocycles. The van der Waals surface area contributed by atoms with Crippen LogP contribution in [0.5, 0.6) is 0 Å². The molecule has 21 heavy (non-hydrogen) atoms. The van der Waals surface area contributed by atoms with E-state index >= 15 is 0 Å². The quantitative estimate of drug-likeness (QED) is 0.895. The molecular formula is C16H16F2N2O. The number of halogens is 2. The van der Waals surface area contributed by atoms with Crippen LogP contribution in [-0.2, 0) is 0 Å². The molecule has 2 N–H and O–H groups in total. The molecule has 2 aromatic carbocycles. The van der Waals surface area contributed by atoms with Gasteiger partial charge in [-0.15, -0.1) is 0 Å². The van der Waals surface area contributed by atoms with E-state index < -0.39 is 17.5 Å². The smallest absolute Gasteiger partial charge is 0.255 e. The summed E-state index contributed by atoms with van der Waals surface area (Å²) in [6.45, 7) is 4.65. The summed E-state index contributed by atoms with van der Waals surface area (Å²) in [5, 5.41) is 5.60. The lowest BCUT2D eigenvalue weighted by Gasteiger charge is -2.10. The van der Waals surface area contributed by atoms with E-state index in [9.17, 15) is 13.6 Å². The van der Waals surface area contributed by atoms with Gasteiger partial charge >= 0.3 is 0 Å². The fourth-order valence-corrected chi connectivity index (χ4v) is 1.98. The number of hydrogen-bond donors (Lipinski definition) is 2. The summed E-state index contributed by atoms with van der Waals surface area (Å²) in [7, 11) is 0. The van der Waals surface area contributed by atoms with Crippen LogP contribution in [0.1, 0.15) is 22.8 Å². The van der Waals surface area contributed by atoms with Gasteiger partial charge in [-0.25, -0.2) is 8.78 Å². The Labute approximate surface area is 122 Å². The van der Waals surface area contributed by atoms with Gasteiger partial charge in [-0.1, -0.05) is 0 Å². The topological polar surface area (TPSA) is 41.1 Å². The molecule has 3 nitrogen and oxygen atoms in total. The van der Waals surface area contributed by atoms with Crippen molar-refractivity contribution < 1.29 is 13.6 Å². The summed E-state index contributed by atoms with van der Waals surface area (Å²) in [5.41, 5.74) is 2.23. The summed E-state index contributed by atoms with van der Waals surface area (Å²) < 4.78 is 26.3. The van der Waals surface area contributed by atoms with Gasteiger partial charge in [0.25, 0.3) is 5.91 Å². The van der Waals surface area contributed by atoms with Crippen molar-refractivity contribution in [1.82, 2.24) is 0 Å². The standard InChI is InChI=1S/C16H16F2N2O/c1-3-19-14-6-4-11(8-10(14)2)16(21)20-15-7-5-12(17)9-13(15)18/h4-9,19H,3H2,1-2H3,(H,20,21). The van der Waals surface area contributed by atoms with Crippen LogP contribution in [0.4, 0.5) is 20.2 Å². The number of carbonyl (C=O) groups excluding carboxylic acids is 1. The van der Waals surface area contributed by atoms with Crippen molar-refractivity contribution in [2.24, 2.45) is 0 Å². The second-order valence-electron chi connectivity index (χ2n) is 4.64. The lowest BCUT2D eigenvalue weighted by Crippen LogP contribution is -2.13. The van der Waals surface area contributed by atoms with Crippen molar-refractivity contribution >= 4 is 17.3 Å². The molecule has 0 aliphatic heterocycles. The Bertz CT molecular complexity index is 671. The van der Waals surface area contributed by atoms with E-state index in [0.29, 0.717) is 5.56 Å². The van der Waals surface area contributed by atoms with E-state index in [-0.39, 0.29) is 5.69 Å². The van der Waals surface area contributed by atoms with Gasteiger partial charge in [-0.05, 0) is 49.7 Å². The SMILES string of the molecule is CCNc1ccc(C(=O)Nc2ccc(F)cc2F)cc1C. The highest BCUT2D eigenvalue weighted by Gasteiger charge is 2.11. The summed E-state index contributed by atoms with van der Waals surface area (Å²) in [6.07, 6.45) is 0. The average molecular weight is 290 g/mol. The zero-order valence-corrected chi connectivity index (χ0v) is 11.8. The molecule has 0 fully saturated rings. The Morgan fingerprint density at radius 2 is 1.81 bits per heavy atom. The van der Waals surface area contributed by atoms with E-state index in [1.165, 1.54) is 6.07 Å². The Kier molecular flexibility index (Phi) is 4.52. The summed E-state index contributed by atoms with van der Waals surface area (Å²) in [6, 6.07) is 8.20. The molecule has 5 heteroatoms.